The average molecular weight is 194 g/mol. The zero-order valence-electron chi connectivity index (χ0n) is 8.65. The van der Waals surface area contributed by atoms with Crippen LogP contribution < -0.4 is 0 Å². The van der Waals surface area contributed by atoms with Crippen molar-refractivity contribution < 1.29 is 9.53 Å². The molecule has 0 radical (unpaired) electrons. The molecule has 4 nitrogen and oxygen atoms in total. The third-order valence-electron chi connectivity index (χ3n) is 1.87. The summed E-state index contributed by atoms with van der Waals surface area (Å²) in [5.74, 6) is -0.0973. The largest absolute Gasteiger partial charge is 0.368 e. The Labute approximate surface area is 83.3 Å². The van der Waals surface area contributed by atoms with Crippen LogP contribution in [0.4, 0.5) is 0 Å². The van der Waals surface area contributed by atoms with Gasteiger partial charge >= 0.3 is 0 Å². The third kappa shape index (κ3) is 2.35. The van der Waals surface area contributed by atoms with Crippen molar-refractivity contribution in [1.82, 2.24) is 9.97 Å². The summed E-state index contributed by atoms with van der Waals surface area (Å²) in [6.45, 7) is 5.85. The fourth-order valence-corrected chi connectivity index (χ4v) is 1.19. The highest BCUT2D eigenvalue weighted by Crippen LogP contribution is 2.15. The van der Waals surface area contributed by atoms with Crippen LogP contribution in [0.2, 0.25) is 0 Å². The van der Waals surface area contributed by atoms with Gasteiger partial charge in [0.15, 0.2) is 5.78 Å². The first-order chi connectivity index (χ1) is 6.58. The molecule has 0 fully saturated rings. The van der Waals surface area contributed by atoms with Crippen LogP contribution in [0.15, 0.2) is 18.7 Å². The smallest absolute Gasteiger partial charge is 0.197 e. The Bertz CT molecular complexity index is 309. The third-order valence-corrected chi connectivity index (χ3v) is 1.87. The van der Waals surface area contributed by atoms with E-state index in [0.29, 0.717) is 12.2 Å². The van der Waals surface area contributed by atoms with Crippen LogP contribution in [0.1, 0.15) is 31.1 Å². The highest BCUT2D eigenvalue weighted by atomic mass is 16.5. The fourth-order valence-electron chi connectivity index (χ4n) is 1.19. The molecular formula is C10H14N2O2. The van der Waals surface area contributed by atoms with Gasteiger partial charge in [0.1, 0.15) is 11.9 Å². The zero-order chi connectivity index (χ0) is 10.6. The van der Waals surface area contributed by atoms with Gasteiger partial charge in [-0.1, -0.05) is 0 Å². The first kappa shape index (κ1) is 10.8. The molecule has 1 aromatic heterocycles. The van der Waals surface area contributed by atoms with E-state index in [1.807, 2.05) is 6.92 Å². The standard InChI is InChI=1S/C10H14N2O2/c1-4-14-10(2,3)9(13)8-5-11-7-12-6-8/h5-7H,4H2,1-3H3. The lowest BCUT2D eigenvalue weighted by Gasteiger charge is -2.22. The van der Waals surface area contributed by atoms with Crippen molar-refractivity contribution in [3.8, 4) is 0 Å². The highest BCUT2D eigenvalue weighted by molar-refractivity contribution is 6.01. The van der Waals surface area contributed by atoms with Crippen LogP contribution in [0, 0.1) is 0 Å². The second-order valence-electron chi connectivity index (χ2n) is 3.40. The summed E-state index contributed by atoms with van der Waals surface area (Å²) in [4.78, 5) is 19.4. The number of ether oxygens (including phenoxy) is 1. The second-order valence-corrected chi connectivity index (χ2v) is 3.40. The molecule has 1 heterocycles. The summed E-state index contributed by atoms with van der Waals surface area (Å²) in [5, 5.41) is 0. The lowest BCUT2D eigenvalue weighted by Crippen LogP contribution is -2.35. The molecule has 1 aromatic rings. The number of nitrogens with zero attached hydrogens (tertiary/aromatic N) is 2. The van der Waals surface area contributed by atoms with Gasteiger partial charge in [-0.2, -0.15) is 0 Å². The highest BCUT2D eigenvalue weighted by Gasteiger charge is 2.29. The molecule has 76 valence electrons. The summed E-state index contributed by atoms with van der Waals surface area (Å²) in [6.07, 6.45) is 4.39. The van der Waals surface area contributed by atoms with Crippen molar-refractivity contribution in [3.05, 3.63) is 24.3 Å². The van der Waals surface area contributed by atoms with Gasteiger partial charge in [0.2, 0.25) is 0 Å². The quantitative estimate of drug-likeness (QED) is 0.681. The van der Waals surface area contributed by atoms with Crippen molar-refractivity contribution >= 4 is 5.78 Å². The van der Waals surface area contributed by atoms with E-state index in [1.165, 1.54) is 18.7 Å². The average Bonchev–Trinajstić information content (AvgIpc) is 2.18. The van der Waals surface area contributed by atoms with Gasteiger partial charge in [-0.05, 0) is 20.8 Å². The van der Waals surface area contributed by atoms with Gasteiger partial charge in [-0.3, -0.25) is 4.79 Å². The van der Waals surface area contributed by atoms with Gasteiger partial charge in [0.05, 0.1) is 5.56 Å². The zero-order valence-corrected chi connectivity index (χ0v) is 8.65. The van der Waals surface area contributed by atoms with E-state index in [9.17, 15) is 4.79 Å². The maximum absolute atomic E-state index is 11.9. The van der Waals surface area contributed by atoms with E-state index in [-0.39, 0.29) is 5.78 Å². The molecule has 0 N–H and O–H groups in total. The lowest BCUT2D eigenvalue weighted by atomic mass is 9.99. The Kier molecular flexibility index (Phi) is 3.30. The Morgan fingerprint density at radius 1 is 1.43 bits per heavy atom. The van der Waals surface area contributed by atoms with Crippen molar-refractivity contribution in [3.63, 3.8) is 0 Å². The van der Waals surface area contributed by atoms with Gasteiger partial charge < -0.3 is 4.74 Å². The Hall–Kier alpha value is -1.29. The van der Waals surface area contributed by atoms with E-state index in [2.05, 4.69) is 9.97 Å². The minimum atomic E-state index is -0.806. The number of hydrogen-bond acceptors (Lipinski definition) is 4. The summed E-state index contributed by atoms with van der Waals surface area (Å²) >= 11 is 0. The molecule has 0 aliphatic rings. The number of rotatable bonds is 4. The fraction of sp³-hybridized carbons (Fsp3) is 0.500. The normalized spacial score (nSPS) is 11.4. The molecule has 0 aromatic carbocycles. The summed E-state index contributed by atoms with van der Waals surface area (Å²) in [7, 11) is 0. The van der Waals surface area contributed by atoms with Gasteiger partial charge in [0, 0.05) is 19.0 Å². The molecule has 0 amide bonds. The first-order valence-corrected chi connectivity index (χ1v) is 4.51. The predicted octanol–water partition coefficient (Wildman–Crippen LogP) is 1.47. The molecule has 0 saturated heterocycles. The number of Topliss-reactive ketones (excluding diaryl/α,β-unsaturated/α-hetero) is 1. The minimum absolute atomic E-state index is 0.0973. The van der Waals surface area contributed by atoms with Gasteiger partial charge in [-0.15, -0.1) is 0 Å². The Morgan fingerprint density at radius 2 is 2.00 bits per heavy atom. The Morgan fingerprint density at radius 3 is 2.50 bits per heavy atom. The van der Waals surface area contributed by atoms with E-state index in [1.54, 1.807) is 13.8 Å². The number of ketones is 1. The second kappa shape index (κ2) is 4.28. The van der Waals surface area contributed by atoms with Crippen LogP contribution in [0.3, 0.4) is 0 Å². The van der Waals surface area contributed by atoms with Crippen LogP contribution in [0.5, 0.6) is 0 Å². The molecule has 0 aliphatic heterocycles. The molecule has 0 saturated carbocycles. The first-order valence-electron chi connectivity index (χ1n) is 4.51. The van der Waals surface area contributed by atoms with Gasteiger partial charge in [0.25, 0.3) is 0 Å². The molecule has 1 rings (SSSR count). The van der Waals surface area contributed by atoms with Crippen LogP contribution in [0.25, 0.3) is 0 Å². The molecule has 0 aliphatic carbocycles. The van der Waals surface area contributed by atoms with Crippen LogP contribution in [-0.2, 0) is 4.74 Å². The van der Waals surface area contributed by atoms with Crippen LogP contribution >= 0.6 is 0 Å². The van der Waals surface area contributed by atoms with Crippen molar-refractivity contribution in [2.45, 2.75) is 26.4 Å². The van der Waals surface area contributed by atoms with E-state index in [4.69, 9.17) is 4.74 Å². The number of carbonyl (C=O) groups is 1. The maximum atomic E-state index is 11.9. The molecular weight excluding hydrogens is 180 g/mol. The Balaban J connectivity index is 2.85. The predicted molar refractivity (Wildman–Crippen MR) is 52.1 cm³/mol. The maximum Gasteiger partial charge on any atom is 0.197 e. The summed E-state index contributed by atoms with van der Waals surface area (Å²) < 4.78 is 5.34. The minimum Gasteiger partial charge on any atom is -0.368 e. The lowest BCUT2D eigenvalue weighted by molar-refractivity contribution is 0.00120. The van der Waals surface area contributed by atoms with Crippen molar-refractivity contribution in [1.29, 1.82) is 0 Å². The monoisotopic (exact) mass is 194 g/mol. The topological polar surface area (TPSA) is 52.1 Å². The van der Waals surface area contributed by atoms with E-state index in [0.717, 1.165) is 0 Å². The molecule has 0 unspecified atom stereocenters. The van der Waals surface area contributed by atoms with Crippen molar-refractivity contribution in [2.24, 2.45) is 0 Å². The molecule has 4 heteroatoms. The summed E-state index contributed by atoms with van der Waals surface area (Å²) in [5.41, 5.74) is -0.328. The van der Waals surface area contributed by atoms with E-state index < -0.39 is 5.60 Å². The summed E-state index contributed by atoms with van der Waals surface area (Å²) in [6, 6.07) is 0. The molecule has 0 bridgehead atoms. The van der Waals surface area contributed by atoms with Gasteiger partial charge in [-0.25, -0.2) is 9.97 Å². The number of carbonyl (C=O) groups excluding carboxylic acids is 1. The number of aromatic nitrogens is 2. The molecule has 0 atom stereocenters. The number of hydrogen-bond donors (Lipinski definition) is 0. The molecule has 0 spiro atoms. The van der Waals surface area contributed by atoms with Crippen LogP contribution in [-0.4, -0.2) is 28.0 Å². The SMILES string of the molecule is CCOC(C)(C)C(=O)c1cncnc1. The molecule has 14 heavy (non-hydrogen) atoms. The van der Waals surface area contributed by atoms with E-state index >= 15 is 0 Å². The van der Waals surface area contributed by atoms with Crippen molar-refractivity contribution in [2.75, 3.05) is 6.61 Å².